The number of amides is 1. The zero-order valence-corrected chi connectivity index (χ0v) is 8.95. The minimum Gasteiger partial charge on any atom is -0.399 e. The summed E-state index contributed by atoms with van der Waals surface area (Å²) in [4.78, 5) is 13.7. The Hall–Kier alpha value is -1.71. The van der Waals surface area contributed by atoms with Crippen molar-refractivity contribution in [2.24, 2.45) is 0 Å². The fourth-order valence-electron chi connectivity index (χ4n) is 1.90. The largest absolute Gasteiger partial charge is 0.399 e. The van der Waals surface area contributed by atoms with Crippen molar-refractivity contribution in [2.75, 3.05) is 11.5 Å². The van der Waals surface area contributed by atoms with Gasteiger partial charge in [-0.1, -0.05) is 0 Å². The normalized spacial score (nSPS) is 14.9. The van der Waals surface area contributed by atoms with E-state index in [-0.39, 0.29) is 11.9 Å². The Bertz CT molecular complexity index is 426. The van der Waals surface area contributed by atoms with Crippen LogP contribution in [0.4, 0.5) is 11.4 Å². The summed E-state index contributed by atoms with van der Waals surface area (Å²) in [6.45, 7) is 4.57. The van der Waals surface area contributed by atoms with Crippen LogP contribution in [0.3, 0.4) is 0 Å². The molecule has 0 fully saturated rings. The smallest absolute Gasteiger partial charge is 0.254 e. The number of benzene rings is 1. The molecule has 2 rings (SSSR count). The number of anilines is 2. The van der Waals surface area contributed by atoms with Gasteiger partial charge in [-0.25, -0.2) is 0 Å². The monoisotopic (exact) mass is 205 g/mol. The van der Waals surface area contributed by atoms with Gasteiger partial charge in [0.25, 0.3) is 5.91 Å². The first kappa shape index (κ1) is 9.83. The highest BCUT2D eigenvalue weighted by molar-refractivity contribution is 6.01. The number of hydrogen-bond donors (Lipinski definition) is 2. The molecule has 80 valence electrons. The molecule has 0 aliphatic carbocycles. The molecule has 1 amide bonds. The fourth-order valence-corrected chi connectivity index (χ4v) is 1.90. The van der Waals surface area contributed by atoms with Crippen molar-refractivity contribution in [1.29, 1.82) is 0 Å². The summed E-state index contributed by atoms with van der Waals surface area (Å²) in [6, 6.07) is 3.59. The lowest BCUT2D eigenvalue weighted by Crippen LogP contribution is -2.30. The van der Waals surface area contributed by atoms with Gasteiger partial charge in [0.1, 0.15) is 0 Å². The van der Waals surface area contributed by atoms with Crippen LogP contribution < -0.4 is 11.5 Å². The average molecular weight is 205 g/mol. The van der Waals surface area contributed by atoms with Gasteiger partial charge in [0.2, 0.25) is 0 Å². The summed E-state index contributed by atoms with van der Waals surface area (Å²) < 4.78 is 0. The molecule has 15 heavy (non-hydrogen) atoms. The number of nitrogen functional groups attached to an aromatic ring is 2. The van der Waals surface area contributed by atoms with E-state index in [1.807, 2.05) is 13.8 Å². The van der Waals surface area contributed by atoms with Crippen molar-refractivity contribution in [2.45, 2.75) is 26.4 Å². The molecule has 0 atom stereocenters. The van der Waals surface area contributed by atoms with Gasteiger partial charge in [-0.2, -0.15) is 0 Å². The van der Waals surface area contributed by atoms with Crippen molar-refractivity contribution in [3.05, 3.63) is 23.3 Å². The average Bonchev–Trinajstić information content (AvgIpc) is 2.44. The highest BCUT2D eigenvalue weighted by Crippen LogP contribution is 2.30. The van der Waals surface area contributed by atoms with Crippen molar-refractivity contribution < 1.29 is 4.79 Å². The summed E-state index contributed by atoms with van der Waals surface area (Å²) >= 11 is 0. The molecule has 1 aromatic carbocycles. The minimum absolute atomic E-state index is 0.0269. The molecular weight excluding hydrogens is 190 g/mol. The topological polar surface area (TPSA) is 72.3 Å². The molecule has 0 spiro atoms. The summed E-state index contributed by atoms with van der Waals surface area (Å²) in [7, 11) is 0. The SMILES string of the molecule is CC(C)N1Cc2c(N)cc(N)cc2C1=O. The first-order valence-electron chi connectivity index (χ1n) is 4.99. The first-order chi connectivity index (χ1) is 7.00. The summed E-state index contributed by atoms with van der Waals surface area (Å²) in [5, 5.41) is 0. The maximum Gasteiger partial charge on any atom is 0.254 e. The van der Waals surface area contributed by atoms with E-state index in [2.05, 4.69) is 0 Å². The van der Waals surface area contributed by atoms with Gasteiger partial charge in [0.05, 0.1) is 0 Å². The number of nitrogens with zero attached hydrogens (tertiary/aromatic N) is 1. The van der Waals surface area contributed by atoms with Gasteiger partial charge in [0, 0.05) is 35.1 Å². The third-order valence-electron chi connectivity index (χ3n) is 2.75. The van der Waals surface area contributed by atoms with E-state index in [4.69, 9.17) is 11.5 Å². The zero-order chi connectivity index (χ0) is 11.2. The van der Waals surface area contributed by atoms with E-state index in [9.17, 15) is 4.79 Å². The Morgan fingerprint density at radius 2 is 2.00 bits per heavy atom. The van der Waals surface area contributed by atoms with E-state index in [0.29, 0.717) is 23.5 Å². The second-order valence-corrected chi connectivity index (χ2v) is 4.16. The Kier molecular flexibility index (Phi) is 2.07. The van der Waals surface area contributed by atoms with Crippen LogP contribution in [0.1, 0.15) is 29.8 Å². The van der Waals surface area contributed by atoms with E-state index >= 15 is 0 Å². The number of nitrogens with two attached hydrogens (primary N) is 2. The molecule has 0 unspecified atom stereocenters. The van der Waals surface area contributed by atoms with E-state index in [1.54, 1.807) is 17.0 Å². The van der Waals surface area contributed by atoms with Crippen LogP contribution in [0.5, 0.6) is 0 Å². The number of carbonyl (C=O) groups excluding carboxylic acids is 1. The Morgan fingerprint density at radius 1 is 1.33 bits per heavy atom. The predicted molar refractivity (Wildman–Crippen MR) is 60.3 cm³/mol. The molecule has 4 nitrogen and oxygen atoms in total. The molecule has 4 heteroatoms. The summed E-state index contributed by atoms with van der Waals surface area (Å²) in [5.74, 6) is 0.0269. The second kappa shape index (κ2) is 3.15. The molecule has 1 aliphatic heterocycles. The Morgan fingerprint density at radius 3 is 2.60 bits per heavy atom. The summed E-state index contributed by atoms with van der Waals surface area (Å²) in [6.07, 6.45) is 0. The van der Waals surface area contributed by atoms with E-state index < -0.39 is 0 Å². The molecule has 1 aliphatic rings. The van der Waals surface area contributed by atoms with Crippen LogP contribution in [0.25, 0.3) is 0 Å². The van der Waals surface area contributed by atoms with Crippen LogP contribution in [0, 0.1) is 0 Å². The van der Waals surface area contributed by atoms with Crippen LogP contribution in [0.2, 0.25) is 0 Å². The highest BCUT2D eigenvalue weighted by Gasteiger charge is 2.30. The first-order valence-corrected chi connectivity index (χ1v) is 4.99. The maximum absolute atomic E-state index is 12.0. The quantitative estimate of drug-likeness (QED) is 0.677. The third-order valence-corrected chi connectivity index (χ3v) is 2.75. The van der Waals surface area contributed by atoms with Gasteiger partial charge in [0.15, 0.2) is 0 Å². The van der Waals surface area contributed by atoms with Crippen LogP contribution in [0.15, 0.2) is 12.1 Å². The zero-order valence-electron chi connectivity index (χ0n) is 8.95. The Labute approximate surface area is 88.9 Å². The molecule has 1 aromatic rings. The molecule has 0 saturated heterocycles. The highest BCUT2D eigenvalue weighted by atomic mass is 16.2. The lowest BCUT2D eigenvalue weighted by molar-refractivity contribution is 0.0731. The number of rotatable bonds is 1. The van der Waals surface area contributed by atoms with Gasteiger partial charge in [-0.15, -0.1) is 0 Å². The third kappa shape index (κ3) is 1.42. The number of hydrogen-bond acceptors (Lipinski definition) is 3. The van der Waals surface area contributed by atoms with Gasteiger partial charge >= 0.3 is 0 Å². The maximum atomic E-state index is 12.0. The van der Waals surface area contributed by atoms with Crippen molar-refractivity contribution in [1.82, 2.24) is 4.90 Å². The van der Waals surface area contributed by atoms with E-state index in [0.717, 1.165) is 5.56 Å². The fraction of sp³-hybridized carbons (Fsp3) is 0.364. The lowest BCUT2D eigenvalue weighted by Gasteiger charge is -2.19. The summed E-state index contributed by atoms with van der Waals surface area (Å²) in [5.41, 5.74) is 14.2. The van der Waals surface area contributed by atoms with Crippen molar-refractivity contribution in [3.8, 4) is 0 Å². The number of fused-ring (bicyclic) bond motifs is 1. The van der Waals surface area contributed by atoms with Gasteiger partial charge in [-0.05, 0) is 26.0 Å². The molecule has 0 bridgehead atoms. The molecule has 0 saturated carbocycles. The number of carbonyl (C=O) groups is 1. The van der Waals surface area contributed by atoms with Crippen LogP contribution >= 0.6 is 0 Å². The second-order valence-electron chi connectivity index (χ2n) is 4.16. The van der Waals surface area contributed by atoms with Gasteiger partial charge < -0.3 is 16.4 Å². The minimum atomic E-state index is 0.0269. The van der Waals surface area contributed by atoms with Crippen LogP contribution in [-0.2, 0) is 6.54 Å². The molecule has 4 N–H and O–H groups in total. The molecule has 0 aromatic heterocycles. The van der Waals surface area contributed by atoms with Crippen LogP contribution in [-0.4, -0.2) is 16.8 Å². The van der Waals surface area contributed by atoms with Crippen molar-refractivity contribution in [3.63, 3.8) is 0 Å². The Balaban J connectivity index is 2.50. The predicted octanol–water partition coefficient (Wildman–Crippen LogP) is 1.22. The molecular formula is C11H15N3O. The van der Waals surface area contributed by atoms with E-state index in [1.165, 1.54) is 0 Å². The lowest BCUT2D eigenvalue weighted by atomic mass is 10.1. The molecule has 1 heterocycles. The molecule has 0 radical (unpaired) electrons. The van der Waals surface area contributed by atoms with Crippen molar-refractivity contribution >= 4 is 17.3 Å². The van der Waals surface area contributed by atoms with Gasteiger partial charge in [-0.3, -0.25) is 4.79 Å². The standard InChI is InChI=1S/C11H15N3O/c1-6(2)14-5-9-8(11(14)15)3-7(12)4-10(9)13/h3-4,6H,5,12-13H2,1-2H3.